The van der Waals surface area contributed by atoms with Crippen molar-refractivity contribution in [3.63, 3.8) is 0 Å². The second-order valence-electron chi connectivity index (χ2n) is 6.82. The number of carbonyl (C=O) groups excluding carboxylic acids is 3. The van der Waals surface area contributed by atoms with Gasteiger partial charge in [-0.15, -0.1) is 0 Å². The first-order valence-electron chi connectivity index (χ1n) is 6.96. The van der Waals surface area contributed by atoms with Gasteiger partial charge in [0.25, 0.3) is 0 Å². The Kier molecular flexibility index (Phi) is 4.95. The summed E-state index contributed by atoms with van der Waals surface area (Å²) in [6, 6.07) is 0. The zero-order chi connectivity index (χ0) is 15.7. The Morgan fingerprint density at radius 1 is 1.25 bits per heavy atom. The lowest BCUT2D eigenvalue weighted by molar-refractivity contribution is -0.156. The molecule has 20 heavy (non-hydrogen) atoms. The van der Waals surface area contributed by atoms with Crippen molar-refractivity contribution in [3.8, 4) is 0 Å². The van der Waals surface area contributed by atoms with Crippen LogP contribution in [0.4, 0.5) is 0 Å². The van der Waals surface area contributed by atoms with Crippen molar-refractivity contribution in [2.75, 3.05) is 0 Å². The highest BCUT2D eigenvalue weighted by Gasteiger charge is 2.51. The summed E-state index contributed by atoms with van der Waals surface area (Å²) in [5.74, 6) is -2.33. The highest BCUT2D eigenvalue weighted by molar-refractivity contribution is 5.96. The molecule has 0 aromatic carbocycles. The molecular formula is C15H24O5. The predicted molar refractivity (Wildman–Crippen MR) is 72.5 cm³/mol. The van der Waals surface area contributed by atoms with Crippen molar-refractivity contribution in [2.24, 2.45) is 23.2 Å². The molecule has 5 nitrogen and oxygen atoms in total. The number of hydrogen-bond donors (Lipinski definition) is 0. The van der Waals surface area contributed by atoms with Crippen molar-refractivity contribution in [1.29, 1.82) is 0 Å². The van der Waals surface area contributed by atoms with E-state index in [2.05, 4.69) is 0 Å². The van der Waals surface area contributed by atoms with Gasteiger partial charge in [-0.25, -0.2) is 0 Å². The summed E-state index contributed by atoms with van der Waals surface area (Å²) < 4.78 is 10.0. The fourth-order valence-corrected chi connectivity index (χ4v) is 2.65. The van der Waals surface area contributed by atoms with Crippen LogP contribution in [-0.4, -0.2) is 24.0 Å². The van der Waals surface area contributed by atoms with Gasteiger partial charge >= 0.3 is 17.9 Å². The molecular weight excluding hydrogens is 260 g/mol. The maximum atomic E-state index is 11.9. The smallest absolute Gasteiger partial charge is 0.318 e. The van der Waals surface area contributed by atoms with Gasteiger partial charge < -0.3 is 9.47 Å². The van der Waals surface area contributed by atoms with Crippen LogP contribution in [0.3, 0.4) is 0 Å². The van der Waals surface area contributed by atoms with Crippen LogP contribution >= 0.6 is 0 Å². The second-order valence-corrected chi connectivity index (χ2v) is 6.82. The maximum absolute atomic E-state index is 11.9. The predicted octanol–water partition coefficient (Wildman–Crippen LogP) is 2.33. The minimum absolute atomic E-state index is 0.0722. The number of hydrogen-bond acceptors (Lipinski definition) is 5. The first-order valence-corrected chi connectivity index (χ1v) is 6.96. The van der Waals surface area contributed by atoms with Gasteiger partial charge in [0, 0.05) is 6.92 Å². The fourth-order valence-electron chi connectivity index (χ4n) is 2.65. The van der Waals surface area contributed by atoms with Gasteiger partial charge in [0.05, 0.1) is 11.8 Å². The lowest BCUT2D eigenvalue weighted by Gasteiger charge is -2.30. The van der Waals surface area contributed by atoms with E-state index in [1.807, 2.05) is 34.6 Å². The third kappa shape index (κ3) is 3.81. The van der Waals surface area contributed by atoms with Crippen LogP contribution in [-0.2, 0) is 23.9 Å². The van der Waals surface area contributed by atoms with E-state index in [1.165, 1.54) is 6.92 Å². The summed E-state index contributed by atoms with van der Waals surface area (Å²) in [4.78, 5) is 34.9. The molecule has 0 aromatic rings. The highest BCUT2D eigenvalue weighted by Crippen LogP contribution is 2.41. The van der Waals surface area contributed by atoms with Crippen molar-refractivity contribution in [2.45, 2.75) is 54.1 Å². The molecule has 0 bridgehead atoms. The topological polar surface area (TPSA) is 69.7 Å². The molecule has 114 valence electrons. The lowest BCUT2D eigenvalue weighted by Crippen LogP contribution is -2.35. The zero-order valence-electron chi connectivity index (χ0n) is 13.1. The Morgan fingerprint density at radius 2 is 1.80 bits per heavy atom. The zero-order valence-corrected chi connectivity index (χ0v) is 13.1. The Hall–Kier alpha value is -1.39. The molecule has 0 aliphatic carbocycles. The number of esters is 3. The highest BCUT2D eigenvalue weighted by atomic mass is 16.6. The molecule has 0 amide bonds. The molecule has 0 aromatic heterocycles. The van der Waals surface area contributed by atoms with E-state index in [0.29, 0.717) is 6.42 Å². The molecule has 3 atom stereocenters. The second kappa shape index (κ2) is 5.94. The standard InChI is InChI=1S/C15H24O5/c1-8(2)11(19-9(3)16)7-10-12(15(4,5)6)14(18)20-13(10)17/h8,10-12H,7H2,1-6H3. The van der Waals surface area contributed by atoms with Crippen LogP contribution in [0.25, 0.3) is 0 Å². The summed E-state index contributed by atoms with van der Waals surface area (Å²) in [5.41, 5.74) is -0.369. The quantitative estimate of drug-likeness (QED) is 0.585. The largest absolute Gasteiger partial charge is 0.462 e. The molecule has 0 radical (unpaired) electrons. The van der Waals surface area contributed by atoms with Gasteiger partial charge in [0.15, 0.2) is 0 Å². The van der Waals surface area contributed by atoms with Crippen molar-refractivity contribution in [1.82, 2.24) is 0 Å². The summed E-state index contributed by atoms with van der Waals surface area (Å²) >= 11 is 0. The Labute approximate surface area is 120 Å². The molecule has 1 fully saturated rings. The fraction of sp³-hybridized carbons (Fsp3) is 0.800. The lowest BCUT2D eigenvalue weighted by atomic mass is 9.72. The third-order valence-corrected chi connectivity index (χ3v) is 3.64. The number of cyclic esters (lactones) is 2. The average molecular weight is 284 g/mol. The van der Waals surface area contributed by atoms with Gasteiger partial charge in [-0.3, -0.25) is 14.4 Å². The SMILES string of the molecule is CC(=O)OC(CC1C(=O)OC(=O)C1C(C)(C)C)C(C)C. The van der Waals surface area contributed by atoms with Crippen molar-refractivity contribution >= 4 is 17.9 Å². The van der Waals surface area contributed by atoms with Gasteiger partial charge in [0.1, 0.15) is 6.10 Å². The Morgan fingerprint density at radius 3 is 2.20 bits per heavy atom. The summed E-state index contributed by atoms with van der Waals surface area (Å²) in [5, 5.41) is 0. The third-order valence-electron chi connectivity index (χ3n) is 3.64. The van der Waals surface area contributed by atoms with E-state index < -0.39 is 23.8 Å². The summed E-state index contributed by atoms with van der Waals surface area (Å²) in [7, 11) is 0. The first-order chi connectivity index (χ1) is 9.04. The van der Waals surface area contributed by atoms with Crippen LogP contribution < -0.4 is 0 Å². The van der Waals surface area contributed by atoms with E-state index in [-0.39, 0.29) is 23.4 Å². The van der Waals surface area contributed by atoms with E-state index in [1.54, 1.807) is 0 Å². The van der Waals surface area contributed by atoms with E-state index in [9.17, 15) is 14.4 Å². The van der Waals surface area contributed by atoms with Crippen molar-refractivity contribution < 1.29 is 23.9 Å². The summed E-state index contributed by atoms with van der Waals surface area (Å²) in [6.45, 7) is 10.9. The van der Waals surface area contributed by atoms with Gasteiger partial charge in [-0.1, -0.05) is 34.6 Å². The Balaban J connectivity index is 2.93. The average Bonchev–Trinajstić information content (AvgIpc) is 2.51. The Bertz CT molecular complexity index is 405. The molecule has 1 aliphatic heterocycles. The normalized spacial score (nSPS) is 24.8. The monoisotopic (exact) mass is 284 g/mol. The van der Waals surface area contributed by atoms with E-state index >= 15 is 0 Å². The van der Waals surface area contributed by atoms with E-state index in [4.69, 9.17) is 9.47 Å². The van der Waals surface area contributed by atoms with Crippen LogP contribution in [0, 0.1) is 23.2 Å². The van der Waals surface area contributed by atoms with Crippen molar-refractivity contribution in [3.05, 3.63) is 0 Å². The molecule has 0 N–H and O–H groups in total. The minimum Gasteiger partial charge on any atom is -0.462 e. The number of carbonyl (C=O) groups is 3. The van der Waals surface area contributed by atoms with Crippen LogP contribution in [0.2, 0.25) is 0 Å². The molecule has 1 heterocycles. The molecule has 5 heteroatoms. The van der Waals surface area contributed by atoms with Gasteiger partial charge in [0.2, 0.25) is 0 Å². The molecule has 1 aliphatic rings. The van der Waals surface area contributed by atoms with Gasteiger partial charge in [-0.2, -0.15) is 0 Å². The van der Waals surface area contributed by atoms with Crippen LogP contribution in [0.5, 0.6) is 0 Å². The van der Waals surface area contributed by atoms with Gasteiger partial charge in [-0.05, 0) is 17.8 Å². The molecule has 0 saturated carbocycles. The number of rotatable bonds is 4. The molecule has 1 rings (SSSR count). The first kappa shape index (κ1) is 16.7. The number of ether oxygens (including phenoxy) is 2. The van der Waals surface area contributed by atoms with E-state index in [0.717, 1.165) is 0 Å². The maximum Gasteiger partial charge on any atom is 0.318 e. The van der Waals surface area contributed by atoms with Crippen LogP contribution in [0.15, 0.2) is 0 Å². The minimum atomic E-state index is -0.547. The molecule has 3 unspecified atom stereocenters. The van der Waals surface area contributed by atoms with Crippen LogP contribution in [0.1, 0.15) is 48.0 Å². The summed E-state index contributed by atoms with van der Waals surface area (Å²) in [6.07, 6.45) is -0.0650. The molecule has 1 saturated heterocycles. The molecule has 0 spiro atoms.